The fourth-order valence-corrected chi connectivity index (χ4v) is 2.87. The maximum Gasteiger partial charge on any atom is 0.228 e. The second-order valence-electron chi connectivity index (χ2n) is 5.68. The van der Waals surface area contributed by atoms with Gasteiger partial charge in [-0.25, -0.2) is 0 Å². The van der Waals surface area contributed by atoms with Crippen molar-refractivity contribution < 1.29 is 14.6 Å². The molecular formula is C15H20N2O3. The predicted molar refractivity (Wildman–Crippen MR) is 75.6 cm³/mol. The van der Waals surface area contributed by atoms with Gasteiger partial charge >= 0.3 is 0 Å². The summed E-state index contributed by atoms with van der Waals surface area (Å²) in [4.78, 5) is 13.7. The Kier molecular flexibility index (Phi) is 3.50. The van der Waals surface area contributed by atoms with Gasteiger partial charge in [0.1, 0.15) is 5.60 Å². The third kappa shape index (κ3) is 2.44. The van der Waals surface area contributed by atoms with Gasteiger partial charge in [0.25, 0.3) is 0 Å². The average Bonchev–Trinajstić information content (AvgIpc) is 2.89. The van der Waals surface area contributed by atoms with Gasteiger partial charge in [-0.3, -0.25) is 4.79 Å². The number of nitrogens with zero attached hydrogens (tertiary/aromatic N) is 1. The zero-order chi connectivity index (χ0) is 14.2. The van der Waals surface area contributed by atoms with Crippen LogP contribution in [0.1, 0.15) is 24.4 Å². The number of carbonyl (C=O) groups excluding carboxylic acids is 1. The van der Waals surface area contributed by atoms with Crippen molar-refractivity contribution in [3.63, 3.8) is 0 Å². The summed E-state index contributed by atoms with van der Waals surface area (Å²) in [7, 11) is 1.80. The highest BCUT2D eigenvalue weighted by Gasteiger charge is 2.35. The number of hydrogen-bond acceptors (Lipinski definition) is 4. The number of rotatable bonds is 3. The minimum Gasteiger partial charge on any atom is -0.386 e. The fraction of sp³-hybridized carbons (Fsp3) is 0.533. The van der Waals surface area contributed by atoms with Gasteiger partial charge in [-0.05, 0) is 11.6 Å². The maximum atomic E-state index is 12.0. The topological polar surface area (TPSA) is 61.8 Å². The normalized spacial score (nSPS) is 29.6. The highest BCUT2D eigenvalue weighted by molar-refractivity contribution is 5.96. The minimum absolute atomic E-state index is 0.0421. The van der Waals surface area contributed by atoms with E-state index in [-0.39, 0.29) is 11.9 Å². The first-order chi connectivity index (χ1) is 9.59. The number of ether oxygens (including phenoxy) is 1. The number of benzene rings is 1. The van der Waals surface area contributed by atoms with Crippen LogP contribution in [-0.2, 0) is 9.53 Å². The van der Waals surface area contributed by atoms with Gasteiger partial charge in [-0.1, -0.05) is 18.2 Å². The molecule has 1 amide bonds. The van der Waals surface area contributed by atoms with Crippen LogP contribution in [0.3, 0.4) is 0 Å². The largest absolute Gasteiger partial charge is 0.386 e. The Bertz CT molecular complexity index is 512. The molecule has 2 aliphatic heterocycles. The van der Waals surface area contributed by atoms with E-state index in [1.807, 2.05) is 24.3 Å². The molecule has 5 nitrogen and oxygen atoms in total. The lowest BCUT2D eigenvalue weighted by atomic mass is 9.95. The van der Waals surface area contributed by atoms with E-state index in [4.69, 9.17) is 4.74 Å². The highest BCUT2D eigenvalue weighted by Crippen LogP contribution is 2.33. The van der Waals surface area contributed by atoms with Crippen molar-refractivity contribution in [2.45, 2.75) is 24.5 Å². The van der Waals surface area contributed by atoms with E-state index < -0.39 is 5.60 Å². The van der Waals surface area contributed by atoms with Crippen molar-refractivity contribution in [3.8, 4) is 0 Å². The molecule has 0 saturated carbocycles. The zero-order valence-electron chi connectivity index (χ0n) is 11.6. The van der Waals surface area contributed by atoms with Crippen LogP contribution in [0, 0.1) is 0 Å². The van der Waals surface area contributed by atoms with Crippen molar-refractivity contribution in [2.75, 3.05) is 31.7 Å². The monoisotopic (exact) mass is 276 g/mol. The van der Waals surface area contributed by atoms with Crippen LogP contribution < -0.4 is 10.2 Å². The van der Waals surface area contributed by atoms with E-state index in [2.05, 4.69) is 5.32 Å². The molecule has 0 bridgehead atoms. The first-order valence-electron chi connectivity index (χ1n) is 6.98. The number of hydrogen-bond donors (Lipinski definition) is 2. The highest BCUT2D eigenvalue weighted by atomic mass is 16.5. The molecule has 2 N–H and O–H groups in total. The molecule has 2 heterocycles. The summed E-state index contributed by atoms with van der Waals surface area (Å²) in [6, 6.07) is 7.85. The zero-order valence-corrected chi connectivity index (χ0v) is 11.6. The van der Waals surface area contributed by atoms with Crippen molar-refractivity contribution in [2.24, 2.45) is 0 Å². The summed E-state index contributed by atoms with van der Waals surface area (Å²) in [5, 5.41) is 13.6. The molecule has 1 fully saturated rings. The summed E-state index contributed by atoms with van der Waals surface area (Å²) in [5.74, 6) is 0.0934. The molecule has 0 spiro atoms. The van der Waals surface area contributed by atoms with Crippen LogP contribution in [0.25, 0.3) is 0 Å². The molecule has 108 valence electrons. The van der Waals surface area contributed by atoms with Crippen LogP contribution in [0.4, 0.5) is 5.69 Å². The summed E-state index contributed by atoms with van der Waals surface area (Å²) in [5.41, 5.74) is 1.24. The smallest absolute Gasteiger partial charge is 0.228 e. The van der Waals surface area contributed by atoms with E-state index in [1.165, 1.54) is 0 Å². The lowest BCUT2D eigenvalue weighted by Gasteiger charge is -2.33. The quantitative estimate of drug-likeness (QED) is 0.858. The van der Waals surface area contributed by atoms with Crippen molar-refractivity contribution in [3.05, 3.63) is 29.8 Å². The number of anilines is 1. The van der Waals surface area contributed by atoms with Crippen LogP contribution in [0.5, 0.6) is 0 Å². The number of nitrogens with one attached hydrogen (secondary N) is 1. The minimum atomic E-state index is -0.804. The molecule has 2 aliphatic rings. The number of aliphatic hydroxyl groups is 1. The van der Waals surface area contributed by atoms with E-state index >= 15 is 0 Å². The second-order valence-corrected chi connectivity index (χ2v) is 5.68. The molecule has 0 aliphatic carbocycles. The van der Waals surface area contributed by atoms with Gasteiger partial charge in [0.2, 0.25) is 5.91 Å². The van der Waals surface area contributed by atoms with E-state index in [1.54, 1.807) is 11.9 Å². The summed E-state index contributed by atoms with van der Waals surface area (Å²) >= 11 is 0. The number of amides is 1. The van der Waals surface area contributed by atoms with Gasteiger partial charge in [-0.15, -0.1) is 0 Å². The molecule has 2 atom stereocenters. The Balaban J connectivity index is 1.76. The summed E-state index contributed by atoms with van der Waals surface area (Å²) < 4.78 is 5.24. The van der Waals surface area contributed by atoms with Crippen LogP contribution in [0.15, 0.2) is 24.3 Å². The Morgan fingerprint density at radius 3 is 3.05 bits per heavy atom. The fourth-order valence-electron chi connectivity index (χ4n) is 2.87. The molecule has 1 saturated heterocycles. The third-order valence-electron chi connectivity index (χ3n) is 4.19. The molecule has 0 aromatic heterocycles. The van der Waals surface area contributed by atoms with Crippen LogP contribution in [0.2, 0.25) is 0 Å². The molecular weight excluding hydrogens is 256 g/mol. The third-order valence-corrected chi connectivity index (χ3v) is 4.19. The molecule has 1 aromatic carbocycles. The first-order valence-corrected chi connectivity index (χ1v) is 6.98. The van der Waals surface area contributed by atoms with Crippen LogP contribution >= 0.6 is 0 Å². The van der Waals surface area contributed by atoms with Gasteiger partial charge in [-0.2, -0.15) is 0 Å². The number of para-hydroxylation sites is 1. The van der Waals surface area contributed by atoms with E-state index in [9.17, 15) is 9.90 Å². The maximum absolute atomic E-state index is 12.0. The van der Waals surface area contributed by atoms with Gasteiger partial charge < -0.3 is 20.1 Å². The standard InChI is InChI=1S/C15H20N2O3/c1-17-13-5-3-2-4-11(13)12(8-14(17)18)16-9-15(19)6-7-20-10-15/h2-5,12,16,19H,6-10H2,1H3. The molecule has 20 heavy (non-hydrogen) atoms. The van der Waals surface area contributed by atoms with Gasteiger partial charge in [0.05, 0.1) is 6.61 Å². The Morgan fingerprint density at radius 1 is 1.50 bits per heavy atom. The molecule has 2 unspecified atom stereocenters. The molecule has 0 radical (unpaired) electrons. The lowest BCUT2D eigenvalue weighted by Crippen LogP contribution is -2.45. The van der Waals surface area contributed by atoms with Gasteiger partial charge in [0.15, 0.2) is 0 Å². The van der Waals surface area contributed by atoms with E-state index in [0.29, 0.717) is 32.6 Å². The van der Waals surface area contributed by atoms with Crippen LogP contribution in [-0.4, -0.2) is 43.4 Å². The van der Waals surface area contributed by atoms with Gasteiger partial charge in [0, 0.05) is 44.8 Å². The molecule has 3 rings (SSSR count). The molecule has 1 aromatic rings. The second kappa shape index (κ2) is 5.16. The Labute approximate surface area is 118 Å². The molecule has 5 heteroatoms. The number of fused-ring (bicyclic) bond motifs is 1. The first kappa shape index (κ1) is 13.5. The SMILES string of the molecule is CN1C(=O)CC(NCC2(O)CCOC2)c2ccccc21. The lowest BCUT2D eigenvalue weighted by molar-refractivity contribution is -0.119. The number of carbonyl (C=O) groups is 1. The summed E-state index contributed by atoms with van der Waals surface area (Å²) in [6.07, 6.45) is 1.06. The van der Waals surface area contributed by atoms with Crippen molar-refractivity contribution in [1.29, 1.82) is 0 Å². The summed E-state index contributed by atoms with van der Waals surface area (Å²) in [6.45, 7) is 1.41. The van der Waals surface area contributed by atoms with Crippen molar-refractivity contribution in [1.82, 2.24) is 5.32 Å². The Morgan fingerprint density at radius 2 is 2.30 bits per heavy atom. The predicted octanol–water partition coefficient (Wildman–Crippen LogP) is 0.835. The van der Waals surface area contributed by atoms with Crippen molar-refractivity contribution >= 4 is 11.6 Å². The average molecular weight is 276 g/mol. The van der Waals surface area contributed by atoms with E-state index in [0.717, 1.165) is 11.3 Å². The Hall–Kier alpha value is -1.43.